The maximum atomic E-state index is 6.01. The summed E-state index contributed by atoms with van der Waals surface area (Å²) in [6, 6.07) is 24.0. The second-order valence-electron chi connectivity index (χ2n) is 5.99. The van der Waals surface area contributed by atoms with E-state index in [0.717, 1.165) is 35.7 Å². The zero-order chi connectivity index (χ0) is 18.2. The van der Waals surface area contributed by atoms with E-state index in [-0.39, 0.29) is 12.4 Å². The van der Waals surface area contributed by atoms with Crippen molar-refractivity contribution in [2.45, 2.75) is 19.7 Å². The van der Waals surface area contributed by atoms with Crippen molar-refractivity contribution in [3.63, 3.8) is 0 Å². The molecule has 0 spiro atoms. The van der Waals surface area contributed by atoms with E-state index in [9.17, 15) is 0 Å². The molecule has 0 amide bonds. The van der Waals surface area contributed by atoms with Crippen molar-refractivity contribution < 1.29 is 21.9 Å². The number of hydrogen-bond acceptors (Lipinski definition) is 3. The van der Waals surface area contributed by atoms with Crippen LogP contribution >= 0.6 is 11.6 Å². The lowest BCUT2D eigenvalue weighted by Crippen LogP contribution is -3.00. The fraction of sp³-hybridized carbons (Fsp3) is 0.182. The molecule has 142 valence electrons. The van der Waals surface area contributed by atoms with E-state index in [1.807, 2.05) is 60.7 Å². The van der Waals surface area contributed by atoms with Crippen LogP contribution in [0.3, 0.4) is 0 Å². The van der Waals surface area contributed by atoms with Gasteiger partial charge in [-0.05, 0) is 41.0 Å². The zero-order valence-electron chi connectivity index (χ0n) is 15.1. The molecule has 0 aliphatic rings. The van der Waals surface area contributed by atoms with Gasteiger partial charge in [0.25, 0.3) is 0 Å². The Hall–Kier alpha value is -2.20. The molecule has 0 bridgehead atoms. The summed E-state index contributed by atoms with van der Waals surface area (Å²) >= 11 is 6.01. The lowest BCUT2D eigenvalue weighted by Gasteiger charge is -2.13. The highest BCUT2D eigenvalue weighted by molar-refractivity contribution is 6.30. The SMILES string of the molecule is COc1cc(CNCc2ccccc2)ccc1OCc1cccc(Cl)c1.[Cl-]. The van der Waals surface area contributed by atoms with Gasteiger partial charge in [-0.3, -0.25) is 0 Å². The predicted molar refractivity (Wildman–Crippen MR) is 106 cm³/mol. The number of nitrogens with one attached hydrogen (secondary N) is 1. The van der Waals surface area contributed by atoms with Crippen molar-refractivity contribution in [2.24, 2.45) is 0 Å². The van der Waals surface area contributed by atoms with Crippen LogP contribution in [-0.4, -0.2) is 7.11 Å². The Kier molecular flexibility index (Phi) is 8.46. The maximum absolute atomic E-state index is 6.01. The second-order valence-corrected chi connectivity index (χ2v) is 6.43. The molecular formula is C22H22Cl2NO2-. The molecule has 3 rings (SSSR count). The smallest absolute Gasteiger partial charge is 0.161 e. The van der Waals surface area contributed by atoms with Crippen LogP contribution in [0, 0.1) is 0 Å². The number of halogens is 2. The van der Waals surface area contributed by atoms with Crippen molar-refractivity contribution in [2.75, 3.05) is 7.11 Å². The Morgan fingerprint density at radius 3 is 2.26 bits per heavy atom. The van der Waals surface area contributed by atoms with Crippen molar-refractivity contribution in [3.8, 4) is 11.5 Å². The summed E-state index contributed by atoms with van der Waals surface area (Å²) < 4.78 is 11.4. The second kappa shape index (κ2) is 10.8. The minimum absolute atomic E-state index is 0. The van der Waals surface area contributed by atoms with E-state index in [4.69, 9.17) is 21.1 Å². The van der Waals surface area contributed by atoms with Crippen molar-refractivity contribution >= 4 is 11.6 Å². The molecule has 0 atom stereocenters. The predicted octanol–water partition coefficient (Wildman–Crippen LogP) is 2.22. The monoisotopic (exact) mass is 402 g/mol. The van der Waals surface area contributed by atoms with Gasteiger partial charge in [0, 0.05) is 18.1 Å². The van der Waals surface area contributed by atoms with E-state index >= 15 is 0 Å². The van der Waals surface area contributed by atoms with Crippen LogP contribution in [0.5, 0.6) is 11.5 Å². The van der Waals surface area contributed by atoms with Gasteiger partial charge < -0.3 is 27.2 Å². The summed E-state index contributed by atoms with van der Waals surface area (Å²) in [7, 11) is 1.66. The van der Waals surface area contributed by atoms with Gasteiger partial charge in [-0.25, -0.2) is 0 Å². The normalized spacial score (nSPS) is 10.1. The third-order valence-corrected chi connectivity index (χ3v) is 4.25. The molecule has 0 heterocycles. The fourth-order valence-corrected chi connectivity index (χ4v) is 2.89. The molecule has 0 unspecified atom stereocenters. The van der Waals surface area contributed by atoms with Crippen LogP contribution in [0.1, 0.15) is 16.7 Å². The summed E-state index contributed by atoms with van der Waals surface area (Å²) in [4.78, 5) is 0. The molecule has 0 aliphatic heterocycles. The Balaban J connectivity index is 0.00000261. The molecule has 3 aromatic rings. The lowest BCUT2D eigenvalue weighted by molar-refractivity contribution is -0.00000573. The van der Waals surface area contributed by atoms with Gasteiger partial charge in [-0.1, -0.05) is 60.1 Å². The van der Waals surface area contributed by atoms with Crippen molar-refractivity contribution in [3.05, 3.63) is 94.5 Å². The summed E-state index contributed by atoms with van der Waals surface area (Å²) in [6.45, 7) is 2.04. The molecule has 27 heavy (non-hydrogen) atoms. The quantitative estimate of drug-likeness (QED) is 0.626. The van der Waals surface area contributed by atoms with E-state index in [1.165, 1.54) is 5.56 Å². The maximum Gasteiger partial charge on any atom is 0.161 e. The summed E-state index contributed by atoms with van der Waals surface area (Å²) in [5.41, 5.74) is 3.43. The summed E-state index contributed by atoms with van der Waals surface area (Å²) in [6.07, 6.45) is 0. The third-order valence-electron chi connectivity index (χ3n) is 4.01. The minimum atomic E-state index is 0. The van der Waals surface area contributed by atoms with E-state index in [2.05, 4.69) is 17.4 Å². The Labute approximate surface area is 171 Å². The summed E-state index contributed by atoms with van der Waals surface area (Å²) in [5, 5.41) is 4.15. The van der Waals surface area contributed by atoms with Crippen LogP contribution in [-0.2, 0) is 19.7 Å². The van der Waals surface area contributed by atoms with Gasteiger partial charge in [0.2, 0.25) is 0 Å². The number of methoxy groups -OCH3 is 1. The average molecular weight is 403 g/mol. The first-order chi connectivity index (χ1) is 12.7. The first kappa shape index (κ1) is 21.1. The van der Waals surface area contributed by atoms with Crippen molar-refractivity contribution in [1.29, 1.82) is 0 Å². The number of hydrogen-bond donors (Lipinski definition) is 1. The largest absolute Gasteiger partial charge is 1.00 e. The highest BCUT2D eigenvalue weighted by Crippen LogP contribution is 2.29. The van der Waals surface area contributed by atoms with Crippen molar-refractivity contribution in [1.82, 2.24) is 5.32 Å². The zero-order valence-corrected chi connectivity index (χ0v) is 16.6. The highest BCUT2D eigenvalue weighted by atomic mass is 35.5. The number of rotatable bonds is 8. The topological polar surface area (TPSA) is 30.5 Å². The van der Waals surface area contributed by atoms with Gasteiger partial charge in [0.1, 0.15) is 6.61 Å². The third kappa shape index (κ3) is 6.47. The molecule has 1 N–H and O–H groups in total. The lowest BCUT2D eigenvalue weighted by atomic mass is 10.2. The standard InChI is InChI=1S/C22H22ClNO2.ClH/c1-25-22-13-18(15-24-14-17-6-3-2-4-7-17)10-11-21(22)26-16-19-8-5-9-20(23)12-19;/h2-13,24H,14-16H2,1H3;1H/p-1. The molecule has 0 aliphatic carbocycles. The van der Waals surface area contributed by atoms with Gasteiger partial charge in [0.05, 0.1) is 7.11 Å². The van der Waals surface area contributed by atoms with Gasteiger partial charge >= 0.3 is 0 Å². The van der Waals surface area contributed by atoms with Crippen LogP contribution < -0.4 is 27.2 Å². The molecular weight excluding hydrogens is 381 g/mol. The highest BCUT2D eigenvalue weighted by Gasteiger charge is 2.07. The number of ether oxygens (including phenoxy) is 2. The summed E-state index contributed by atoms with van der Waals surface area (Å²) in [5.74, 6) is 1.45. The Bertz CT molecular complexity index is 841. The van der Waals surface area contributed by atoms with Gasteiger partial charge in [0.15, 0.2) is 11.5 Å². The molecule has 0 radical (unpaired) electrons. The first-order valence-electron chi connectivity index (χ1n) is 8.53. The number of benzene rings is 3. The first-order valence-corrected chi connectivity index (χ1v) is 8.91. The molecule has 0 saturated carbocycles. The van der Waals surface area contributed by atoms with Gasteiger partial charge in [-0.2, -0.15) is 0 Å². The van der Waals surface area contributed by atoms with E-state index in [1.54, 1.807) is 7.11 Å². The van der Waals surface area contributed by atoms with Gasteiger partial charge in [-0.15, -0.1) is 0 Å². The molecule has 3 nitrogen and oxygen atoms in total. The Morgan fingerprint density at radius 2 is 1.52 bits per heavy atom. The molecule has 3 aromatic carbocycles. The van der Waals surface area contributed by atoms with E-state index in [0.29, 0.717) is 11.6 Å². The average Bonchev–Trinajstić information content (AvgIpc) is 2.67. The van der Waals surface area contributed by atoms with Crippen LogP contribution in [0.2, 0.25) is 5.02 Å². The molecule has 5 heteroatoms. The Morgan fingerprint density at radius 1 is 0.778 bits per heavy atom. The fourth-order valence-electron chi connectivity index (χ4n) is 2.68. The van der Waals surface area contributed by atoms with Crippen LogP contribution in [0.25, 0.3) is 0 Å². The van der Waals surface area contributed by atoms with Crippen LogP contribution in [0.4, 0.5) is 0 Å². The van der Waals surface area contributed by atoms with Crippen LogP contribution in [0.15, 0.2) is 72.8 Å². The minimum Gasteiger partial charge on any atom is -1.00 e. The van der Waals surface area contributed by atoms with E-state index < -0.39 is 0 Å². The molecule has 0 fully saturated rings. The molecule has 0 saturated heterocycles. The molecule has 0 aromatic heterocycles.